The Hall–Kier alpha value is -4.56. The number of thiol groups is 1. The van der Waals surface area contributed by atoms with Crippen LogP contribution < -0.4 is 27.4 Å². The number of phenolic OH excluding ortho intramolecular Hbond substituents is 1. The summed E-state index contributed by atoms with van der Waals surface area (Å²) in [7, 11) is 0. The summed E-state index contributed by atoms with van der Waals surface area (Å²) in [5, 5.41) is 27.3. The molecule has 0 aliphatic carbocycles. The lowest BCUT2D eigenvalue weighted by Gasteiger charge is -2.24. The maximum atomic E-state index is 13.4. The van der Waals surface area contributed by atoms with Crippen molar-refractivity contribution in [2.75, 3.05) is 5.75 Å². The largest absolute Gasteiger partial charge is 0.508 e. The highest BCUT2D eigenvalue weighted by Crippen LogP contribution is 2.19. The number of fused-ring (bicyclic) bond motifs is 1. The molecule has 0 aliphatic heterocycles. The zero-order valence-corrected chi connectivity index (χ0v) is 23.5. The quantitative estimate of drug-likeness (QED) is 0.105. The van der Waals surface area contributed by atoms with Crippen LogP contribution in [-0.4, -0.2) is 74.7 Å². The second-order valence-corrected chi connectivity index (χ2v) is 10.1. The molecule has 4 amide bonds. The van der Waals surface area contributed by atoms with Gasteiger partial charge in [-0.05, 0) is 42.2 Å². The molecule has 0 radical (unpaired) electrons. The maximum absolute atomic E-state index is 13.4. The number of H-pyrrole nitrogens is 1. The van der Waals surface area contributed by atoms with E-state index in [1.54, 1.807) is 18.3 Å². The molecule has 13 nitrogen and oxygen atoms in total. The Morgan fingerprint density at radius 2 is 1.48 bits per heavy atom. The van der Waals surface area contributed by atoms with Crippen molar-refractivity contribution in [3.63, 3.8) is 0 Å². The number of nitrogens with two attached hydrogens (primary N) is 2. The molecule has 3 rings (SSSR count). The minimum absolute atomic E-state index is 0.00503. The van der Waals surface area contributed by atoms with Gasteiger partial charge >= 0.3 is 5.97 Å². The zero-order valence-electron chi connectivity index (χ0n) is 22.6. The van der Waals surface area contributed by atoms with E-state index in [9.17, 15) is 34.2 Å². The number of aromatic nitrogens is 1. The van der Waals surface area contributed by atoms with Crippen LogP contribution in [0.5, 0.6) is 5.75 Å². The topological polar surface area (TPSA) is 230 Å². The first-order valence-electron chi connectivity index (χ1n) is 13.1. The summed E-state index contributed by atoms with van der Waals surface area (Å²) in [5.74, 6) is -4.49. The number of aromatic hydroxyl groups is 1. The van der Waals surface area contributed by atoms with Crippen LogP contribution in [0.3, 0.4) is 0 Å². The predicted molar refractivity (Wildman–Crippen MR) is 157 cm³/mol. The van der Waals surface area contributed by atoms with Crippen molar-refractivity contribution in [2.45, 2.75) is 49.9 Å². The van der Waals surface area contributed by atoms with Gasteiger partial charge in [0.15, 0.2) is 0 Å². The van der Waals surface area contributed by atoms with E-state index >= 15 is 0 Å². The SMILES string of the molecule is NC(=O)CCC(NC(=O)C(CS)NC(=O)C(Cc1ccc(O)cc1)NC(=O)C(N)Cc1c[nH]c2ccccc12)C(=O)O. The molecule has 14 heteroatoms. The Labute approximate surface area is 246 Å². The van der Waals surface area contributed by atoms with Gasteiger partial charge in [0.2, 0.25) is 23.6 Å². The van der Waals surface area contributed by atoms with Crippen LogP contribution in [0.1, 0.15) is 24.0 Å². The van der Waals surface area contributed by atoms with Gasteiger partial charge in [0.1, 0.15) is 23.9 Å². The lowest BCUT2D eigenvalue weighted by molar-refractivity contribution is -0.142. The number of rotatable bonds is 15. The first-order chi connectivity index (χ1) is 20.0. The molecule has 42 heavy (non-hydrogen) atoms. The zero-order chi connectivity index (χ0) is 30.8. The molecule has 0 spiro atoms. The second-order valence-electron chi connectivity index (χ2n) is 9.75. The van der Waals surface area contributed by atoms with Gasteiger partial charge < -0.3 is 42.6 Å². The Morgan fingerprint density at radius 1 is 0.857 bits per heavy atom. The number of aliphatic carboxylic acids is 1. The first-order valence-corrected chi connectivity index (χ1v) is 13.7. The average molecular weight is 599 g/mol. The van der Waals surface area contributed by atoms with Gasteiger partial charge in [-0.2, -0.15) is 12.6 Å². The summed E-state index contributed by atoms with van der Waals surface area (Å²) >= 11 is 4.11. The lowest BCUT2D eigenvalue weighted by Crippen LogP contribution is -2.58. The van der Waals surface area contributed by atoms with Gasteiger partial charge in [0.25, 0.3) is 0 Å². The van der Waals surface area contributed by atoms with Crippen LogP contribution in [0, 0.1) is 0 Å². The minimum Gasteiger partial charge on any atom is -0.508 e. The van der Waals surface area contributed by atoms with Crippen molar-refractivity contribution in [2.24, 2.45) is 11.5 Å². The lowest BCUT2D eigenvalue weighted by atomic mass is 10.0. The van der Waals surface area contributed by atoms with E-state index < -0.39 is 53.8 Å². The number of hydrogen-bond donors (Lipinski definition) is 9. The molecule has 0 fully saturated rings. The van der Waals surface area contributed by atoms with Crippen molar-refractivity contribution in [1.82, 2.24) is 20.9 Å². The fraction of sp³-hybridized carbons (Fsp3) is 0.321. The van der Waals surface area contributed by atoms with E-state index in [4.69, 9.17) is 11.5 Å². The highest BCUT2D eigenvalue weighted by molar-refractivity contribution is 7.80. The van der Waals surface area contributed by atoms with Gasteiger partial charge in [-0.15, -0.1) is 0 Å². The number of primary amides is 1. The summed E-state index contributed by atoms with van der Waals surface area (Å²) in [5.41, 5.74) is 13.6. The summed E-state index contributed by atoms with van der Waals surface area (Å²) < 4.78 is 0. The molecule has 4 atom stereocenters. The van der Waals surface area contributed by atoms with Crippen molar-refractivity contribution < 1.29 is 34.2 Å². The highest BCUT2D eigenvalue weighted by Gasteiger charge is 2.30. The molecule has 224 valence electrons. The third-order valence-electron chi connectivity index (χ3n) is 6.57. The second kappa shape index (κ2) is 14.9. The predicted octanol–water partition coefficient (Wildman–Crippen LogP) is -0.280. The van der Waals surface area contributed by atoms with Gasteiger partial charge in [-0.25, -0.2) is 4.79 Å². The smallest absolute Gasteiger partial charge is 0.326 e. The van der Waals surface area contributed by atoms with Crippen LogP contribution in [-0.2, 0) is 36.8 Å². The number of aromatic amines is 1. The van der Waals surface area contributed by atoms with Crippen LogP contribution in [0.25, 0.3) is 10.9 Å². The van der Waals surface area contributed by atoms with Crippen molar-refractivity contribution in [3.8, 4) is 5.75 Å². The van der Waals surface area contributed by atoms with Crippen LogP contribution >= 0.6 is 12.6 Å². The molecule has 0 saturated carbocycles. The Kier molecular flexibility index (Phi) is 11.3. The molecule has 0 bridgehead atoms. The van der Waals surface area contributed by atoms with E-state index in [2.05, 4.69) is 33.6 Å². The number of hydrogen-bond acceptors (Lipinski definition) is 8. The number of carbonyl (C=O) groups excluding carboxylic acids is 4. The van der Waals surface area contributed by atoms with Gasteiger partial charge in [0, 0.05) is 35.7 Å². The number of phenols is 1. The van der Waals surface area contributed by atoms with Crippen LogP contribution in [0.15, 0.2) is 54.7 Å². The van der Waals surface area contributed by atoms with Crippen molar-refractivity contribution in [1.29, 1.82) is 0 Å². The molecule has 10 N–H and O–H groups in total. The number of para-hydroxylation sites is 1. The average Bonchev–Trinajstić information content (AvgIpc) is 3.36. The normalized spacial score (nSPS) is 13.9. The van der Waals surface area contributed by atoms with E-state index in [0.717, 1.165) is 16.5 Å². The fourth-order valence-corrected chi connectivity index (χ4v) is 4.53. The van der Waals surface area contributed by atoms with E-state index in [1.165, 1.54) is 12.1 Å². The molecule has 1 aromatic heterocycles. The summed E-state index contributed by atoms with van der Waals surface area (Å²) in [6.45, 7) is 0. The van der Waals surface area contributed by atoms with E-state index in [0.29, 0.717) is 5.56 Å². The molecule has 1 heterocycles. The minimum atomic E-state index is -1.42. The van der Waals surface area contributed by atoms with Gasteiger partial charge in [-0.1, -0.05) is 30.3 Å². The molecule has 3 aromatic rings. The molecule has 0 aliphatic rings. The maximum Gasteiger partial charge on any atom is 0.326 e. The number of carboxylic acid groups (broad SMARTS) is 1. The Morgan fingerprint density at radius 3 is 2.12 bits per heavy atom. The number of amides is 4. The number of carbonyl (C=O) groups is 5. The van der Waals surface area contributed by atoms with Crippen LogP contribution in [0.4, 0.5) is 0 Å². The van der Waals surface area contributed by atoms with E-state index in [-0.39, 0.29) is 37.2 Å². The summed E-state index contributed by atoms with van der Waals surface area (Å²) in [4.78, 5) is 65.0. The van der Waals surface area contributed by atoms with Crippen LogP contribution in [0.2, 0.25) is 0 Å². The summed E-state index contributed by atoms with van der Waals surface area (Å²) in [6, 6.07) is 8.67. The standard InChI is InChI=1S/C28H34N6O7S/c29-19(12-16-13-31-20-4-2-1-3-18(16)20)25(37)33-22(11-15-5-7-17(35)8-6-15)26(38)34-23(14-42)27(39)32-21(28(40)41)9-10-24(30)36/h1-8,13,19,21-23,31,35,42H,9-12,14,29H2,(H2,30,36)(H,32,39)(H,33,37)(H,34,38)(H,40,41). The molecule has 2 aromatic carbocycles. The van der Waals surface area contributed by atoms with Gasteiger partial charge in [0.05, 0.1) is 6.04 Å². The Bertz CT molecular complexity index is 1430. The number of benzene rings is 2. The third-order valence-corrected chi connectivity index (χ3v) is 6.94. The molecular formula is C28H34N6O7S. The summed E-state index contributed by atoms with van der Waals surface area (Å²) in [6.07, 6.45) is 1.44. The van der Waals surface area contributed by atoms with Gasteiger partial charge in [-0.3, -0.25) is 19.2 Å². The van der Waals surface area contributed by atoms with E-state index in [1.807, 2.05) is 24.3 Å². The monoisotopic (exact) mass is 598 g/mol. The Balaban J connectivity index is 1.73. The van der Waals surface area contributed by atoms with Crippen molar-refractivity contribution in [3.05, 3.63) is 65.9 Å². The number of carboxylic acids is 1. The highest BCUT2D eigenvalue weighted by atomic mass is 32.1. The number of nitrogens with one attached hydrogen (secondary N) is 4. The molecular weight excluding hydrogens is 564 g/mol. The first kappa shape index (κ1) is 32.0. The fourth-order valence-electron chi connectivity index (χ4n) is 4.27. The molecule has 4 unspecified atom stereocenters. The molecule has 0 saturated heterocycles. The van der Waals surface area contributed by atoms with Crippen molar-refractivity contribution >= 4 is 53.1 Å². The third kappa shape index (κ3) is 8.97.